The minimum absolute atomic E-state index is 0.119. The Hall–Kier alpha value is -4.20. The van der Waals surface area contributed by atoms with Gasteiger partial charge in [-0.05, 0) is 42.2 Å². The number of fused-ring (bicyclic) bond motifs is 2. The second kappa shape index (κ2) is 12.0. The first-order chi connectivity index (χ1) is 21.5. The lowest BCUT2D eigenvalue weighted by molar-refractivity contribution is -0.138. The fourth-order valence-corrected chi connectivity index (χ4v) is 6.36. The number of likely N-dealkylation sites (tertiary alicyclic amines) is 1. The molecule has 45 heavy (non-hydrogen) atoms. The van der Waals surface area contributed by atoms with Crippen molar-refractivity contribution in [3.8, 4) is 0 Å². The Morgan fingerprint density at radius 1 is 0.956 bits per heavy atom. The Balaban J connectivity index is 1.42. The first-order valence-electron chi connectivity index (χ1n) is 14.4. The van der Waals surface area contributed by atoms with Crippen LogP contribution in [-0.2, 0) is 42.8 Å². The number of nitrogens with two attached hydrogens (primary N) is 1. The van der Waals surface area contributed by atoms with Gasteiger partial charge in [-0.2, -0.15) is 13.2 Å². The van der Waals surface area contributed by atoms with Crippen LogP contribution in [0.15, 0.2) is 76.6 Å². The molecule has 0 aliphatic carbocycles. The molecule has 0 bridgehead atoms. The monoisotopic (exact) mass is 627 g/mol. The zero-order chi connectivity index (χ0) is 31.9. The molecule has 0 radical (unpaired) electrons. The van der Waals surface area contributed by atoms with Gasteiger partial charge in [-0.25, -0.2) is 13.6 Å². The summed E-state index contributed by atoms with van der Waals surface area (Å²) in [5, 5.41) is 0. The van der Waals surface area contributed by atoms with E-state index >= 15 is 0 Å². The largest absolute Gasteiger partial charge is 0.416 e. The minimum Gasteiger partial charge on any atom is -0.364 e. The van der Waals surface area contributed by atoms with Gasteiger partial charge in [-0.15, -0.1) is 0 Å². The van der Waals surface area contributed by atoms with Crippen molar-refractivity contribution >= 4 is 0 Å². The van der Waals surface area contributed by atoms with Gasteiger partial charge in [0.15, 0.2) is 0 Å². The van der Waals surface area contributed by atoms with Crippen LogP contribution in [0.2, 0.25) is 0 Å². The van der Waals surface area contributed by atoms with Gasteiger partial charge in [0.25, 0.3) is 5.56 Å². The Kier molecular flexibility index (Phi) is 8.18. The number of nitrogens with zero attached hydrogens (tertiary/aromatic N) is 4. The first-order valence-corrected chi connectivity index (χ1v) is 14.4. The number of pyridine rings is 1. The molecule has 2 N–H and O–H groups in total. The maximum absolute atomic E-state index is 15.0. The van der Waals surface area contributed by atoms with Crippen molar-refractivity contribution in [3.05, 3.63) is 133 Å². The summed E-state index contributed by atoms with van der Waals surface area (Å²) in [4.78, 5) is 34.0. The number of rotatable bonds is 7. The maximum atomic E-state index is 15.0. The molecule has 1 saturated heterocycles. The molecule has 236 valence electrons. The molecule has 4 heterocycles. The van der Waals surface area contributed by atoms with E-state index in [4.69, 9.17) is 10.5 Å². The van der Waals surface area contributed by atoms with E-state index in [-0.39, 0.29) is 24.4 Å². The van der Waals surface area contributed by atoms with E-state index in [1.165, 1.54) is 6.07 Å². The highest BCUT2D eigenvalue weighted by Gasteiger charge is 2.47. The van der Waals surface area contributed by atoms with Crippen molar-refractivity contribution in [1.82, 2.24) is 19.0 Å². The van der Waals surface area contributed by atoms with Gasteiger partial charge in [-0.1, -0.05) is 36.4 Å². The molecule has 1 spiro atoms. The average molecular weight is 628 g/mol. The number of benzene rings is 2. The zero-order valence-corrected chi connectivity index (χ0v) is 24.1. The van der Waals surface area contributed by atoms with Crippen LogP contribution in [0.5, 0.6) is 0 Å². The molecule has 0 amide bonds. The number of ether oxygens (including phenoxy) is 1. The third-order valence-corrected chi connectivity index (χ3v) is 8.65. The molecule has 1 fully saturated rings. The molecular formula is C32H30F5N5O3. The second-order valence-electron chi connectivity index (χ2n) is 11.5. The van der Waals surface area contributed by atoms with Gasteiger partial charge < -0.3 is 10.5 Å². The molecule has 6 rings (SSSR count). The molecule has 4 aromatic rings. The highest BCUT2D eigenvalue weighted by Crippen LogP contribution is 2.43. The third kappa shape index (κ3) is 5.95. The third-order valence-electron chi connectivity index (χ3n) is 8.65. The van der Waals surface area contributed by atoms with Crippen molar-refractivity contribution in [2.45, 2.75) is 56.9 Å². The molecule has 2 aromatic carbocycles. The van der Waals surface area contributed by atoms with Crippen molar-refractivity contribution in [2.24, 2.45) is 5.73 Å². The van der Waals surface area contributed by atoms with Gasteiger partial charge in [-0.3, -0.25) is 23.8 Å². The van der Waals surface area contributed by atoms with Crippen molar-refractivity contribution in [1.29, 1.82) is 0 Å². The molecule has 1 unspecified atom stereocenters. The fraction of sp³-hybridized carbons (Fsp3) is 0.344. The summed E-state index contributed by atoms with van der Waals surface area (Å²) in [6, 6.07) is 12.0. The van der Waals surface area contributed by atoms with Gasteiger partial charge in [0.2, 0.25) is 0 Å². The predicted octanol–water partition coefficient (Wildman–Crippen LogP) is 4.47. The van der Waals surface area contributed by atoms with Crippen LogP contribution in [0.4, 0.5) is 22.0 Å². The van der Waals surface area contributed by atoms with Gasteiger partial charge in [0.1, 0.15) is 17.2 Å². The molecule has 0 saturated carbocycles. The van der Waals surface area contributed by atoms with E-state index in [1.807, 2.05) is 0 Å². The average Bonchev–Trinajstić information content (AvgIpc) is 3.37. The summed E-state index contributed by atoms with van der Waals surface area (Å²) >= 11 is 0. The molecule has 13 heteroatoms. The molecule has 2 aromatic heterocycles. The molecule has 2 aliphatic rings. The lowest BCUT2D eigenvalue weighted by atomic mass is 9.85. The van der Waals surface area contributed by atoms with Gasteiger partial charge in [0, 0.05) is 37.4 Å². The number of aromatic nitrogens is 3. The predicted molar refractivity (Wildman–Crippen MR) is 154 cm³/mol. The van der Waals surface area contributed by atoms with Crippen molar-refractivity contribution in [2.75, 3.05) is 13.1 Å². The Bertz CT molecular complexity index is 1830. The van der Waals surface area contributed by atoms with E-state index < -0.39 is 58.4 Å². The van der Waals surface area contributed by atoms with E-state index in [2.05, 4.69) is 9.88 Å². The maximum Gasteiger partial charge on any atom is 0.416 e. The molecule has 1 atom stereocenters. The van der Waals surface area contributed by atoms with Gasteiger partial charge >= 0.3 is 11.9 Å². The lowest BCUT2D eigenvalue weighted by Crippen LogP contribution is -2.49. The highest BCUT2D eigenvalue weighted by molar-refractivity contribution is 5.35. The minimum atomic E-state index is -4.88. The van der Waals surface area contributed by atoms with Crippen LogP contribution < -0.4 is 17.0 Å². The van der Waals surface area contributed by atoms with Crippen molar-refractivity contribution < 1.29 is 26.7 Å². The summed E-state index contributed by atoms with van der Waals surface area (Å²) < 4.78 is 78.6. The van der Waals surface area contributed by atoms with E-state index in [0.29, 0.717) is 43.6 Å². The van der Waals surface area contributed by atoms with Crippen molar-refractivity contribution in [3.63, 3.8) is 0 Å². The van der Waals surface area contributed by atoms with Crippen LogP contribution in [0.25, 0.3) is 0 Å². The summed E-state index contributed by atoms with van der Waals surface area (Å²) in [6.07, 6.45) is -1.54. The number of piperidine rings is 1. The zero-order valence-electron chi connectivity index (χ0n) is 24.1. The highest BCUT2D eigenvalue weighted by atomic mass is 19.4. The normalized spacial score (nSPS) is 17.0. The number of halogens is 5. The second-order valence-corrected chi connectivity index (χ2v) is 11.5. The quantitative estimate of drug-likeness (QED) is 0.304. The van der Waals surface area contributed by atoms with Gasteiger partial charge in [0.05, 0.1) is 42.7 Å². The standard InChI is InChI=1S/C32H30F5N5O3/c33-22-13-20(14-39-15-22)16-40-11-9-31(10-12-40)28-27(19-45-31)41(17-23-24(32(35,36)37)7-4-8-25(23)34)30(44)42(29(28)43)18-26(38)21-5-2-1-3-6-21/h1-8,13-15,26H,9-12,16-19,38H2. The molecule has 8 nitrogen and oxygen atoms in total. The summed E-state index contributed by atoms with van der Waals surface area (Å²) in [5.41, 5.74) is 3.42. The topological polar surface area (TPSA) is 95.4 Å². The SMILES string of the molecule is NC(Cn1c(=O)c2c(n(Cc3c(F)cccc3C(F)(F)F)c1=O)COC21CCN(Cc2cncc(F)c2)CC1)c1ccccc1. The van der Waals surface area contributed by atoms with E-state index in [9.17, 15) is 31.5 Å². The Morgan fingerprint density at radius 2 is 1.69 bits per heavy atom. The van der Waals surface area contributed by atoms with Crippen LogP contribution in [0.3, 0.4) is 0 Å². The Morgan fingerprint density at radius 3 is 2.38 bits per heavy atom. The summed E-state index contributed by atoms with van der Waals surface area (Å²) in [6.45, 7) is 0.0772. The molecule has 2 aliphatic heterocycles. The van der Waals surface area contributed by atoms with Crippen LogP contribution in [0.1, 0.15) is 52.4 Å². The summed E-state index contributed by atoms with van der Waals surface area (Å²) in [5.74, 6) is -1.58. The van der Waals surface area contributed by atoms with Crippen LogP contribution in [-0.4, -0.2) is 32.1 Å². The van der Waals surface area contributed by atoms with Crippen LogP contribution >= 0.6 is 0 Å². The lowest BCUT2D eigenvalue weighted by Gasteiger charge is -2.38. The van der Waals surface area contributed by atoms with E-state index in [1.54, 1.807) is 36.5 Å². The fourth-order valence-electron chi connectivity index (χ4n) is 6.36. The van der Waals surface area contributed by atoms with E-state index in [0.717, 1.165) is 33.5 Å². The van der Waals surface area contributed by atoms with Crippen LogP contribution in [0, 0.1) is 11.6 Å². The summed E-state index contributed by atoms with van der Waals surface area (Å²) in [7, 11) is 0. The number of hydrogen-bond acceptors (Lipinski definition) is 6. The first kappa shape index (κ1) is 30.8. The smallest absolute Gasteiger partial charge is 0.364 e. The number of hydrogen-bond donors (Lipinski definition) is 1. The number of alkyl halides is 3. The Labute approximate surface area is 254 Å². The molecular weight excluding hydrogens is 597 g/mol.